The number of anilines is 1. The highest BCUT2D eigenvalue weighted by atomic mass is 32.1. The molecule has 1 amide bonds. The first-order chi connectivity index (χ1) is 14.4. The highest BCUT2D eigenvalue weighted by molar-refractivity contribution is 7.22. The van der Waals surface area contributed by atoms with Gasteiger partial charge in [0.15, 0.2) is 0 Å². The maximum Gasteiger partial charge on any atom is 0.270 e. The van der Waals surface area contributed by atoms with E-state index in [1.54, 1.807) is 29.5 Å². The third kappa shape index (κ3) is 4.00. The summed E-state index contributed by atoms with van der Waals surface area (Å²) < 4.78 is 1.10. The SMILES string of the molecule is Cc1sc(NC(=O)/C=C/c2cccc([N+](=O)[O-])c2)c(-c2nc3ccccc3s2)c1C. The molecule has 2 aromatic heterocycles. The van der Waals surface area contributed by atoms with Crippen molar-refractivity contribution in [3.63, 3.8) is 0 Å². The maximum absolute atomic E-state index is 12.5. The summed E-state index contributed by atoms with van der Waals surface area (Å²) in [6.07, 6.45) is 2.94. The van der Waals surface area contributed by atoms with Gasteiger partial charge in [0.25, 0.3) is 5.69 Å². The molecule has 2 aromatic carbocycles. The number of aromatic nitrogens is 1. The molecule has 0 saturated heterocycles. The Bertz CT molecular complexity index is 1270. The number of benzene rings is 2. The number of nitrogens with one attached hydrogen (secondary N) is 1. The minimum atomic E-state index is -0.459. The molecule has 150 valence electrons. The van der Waals surface area contributed by atoms with E-state index in [2.05, 4.69) is 5.32 Å². The third-order valence-corrected chi connectivity index (χ3v) is 6.81. The summed E-state index contributed by atoms with van der Waals surface area (Å²) in [5.74, 6) is -0.301. The van der Waals surface area contributed by atoms with Gasteiger partial charge in [0.05, 0.1) is 15.1 Å². The predicted octanol–water partition coefficient (Wildman–Crippen LogP) is 6.20. The fourth-order valence-electron chi connectivity index (χ4n) is 3.02. The lowest BCUT2D eigenvalue weighted by molar-refractivity contribution is -0.384. The van der Waals surface area contributed by atoms with Crippen molar-refractivity contribution in [2.75, 3.05) is 5.32 Å². The van der Waals surface area contributed by atoms with Crippen LogP contribution in [0.1, 0.15) is 16.0 Å². The molecule has 0 radical (unpaired) electrons. The Morgan fingerprint density at radius 3 is 2.70 bits per heavy atom. The number of hydrogen-bond acceptors (Lipinski definition) is 6. The molecule has 30 heavy (non-hydrogen) atoms. The van der Waals surface area contributed by atoms with E-state index in [1.165, 1.54) is 29.5 Å². The molecule has 0 aliphatic rings. The number of fused-ring (bicyclic) bond motifs is 1. The standard InChI is InChI=1S/C22H17N3O3S2/c1-13-14(2)29-22(20(13)21-23-17-8-3-4-9-18(17)30-21)24-19(26)11-10-15-6-5-7-16(12-15)25(27)28/h3-12H,1-2H3,(H,24,26)/b11-10+. The predicted molar refractivity (Wildman–Crippen MR) is 123 cm³/mol. The van der Waals surface area contributed by atoms with Crippen LogP contribution in [0.15, 0.2) is 54.6 Å². The first-order valence-electron chi connectivity index (χ1n) is 9.12. The van der Waals surface area contributed by atoms with E-state index in [9.17, 15) is 14.9 Å². The molecule has 6 nitrogen and oxygen atoms in total. The molecule has 0 aliphatic heterocycles. The molecule has 0 aliphatic carbocycles. The van der Waals surface area contributed by atoms with Crippen molar-refractivity contribution in [3.8, 4) is 10.6 Å². The van der Waals surface area contributed by atoms with Crippen molar-refractivity contribution in [3.05, 3.63) is 80.7 Å². The summed E-state index contributed by atoms with van der Waals surface area (Å²) in [5.41, 5.74) is 3.54. The highest BCUT2D eigenvalue weighted by Crippen LogP contribution is 2.43. The first kappa shape index (κ1) is 19.9. The Morgan fingerprint density at radius 2 is 1.93 bits per heavy atom. The Morgan fingerprint density at radius 1 is 1.13 bits per heavy atom. The van der Waals surface area contributed by atoms with Crippen LogP contribution in [-0.2, 0) is 4.79 Å². The molecule has 8 heteroatoms. The molecule has 0 unspecified atom stereocenters. The average Bonchev–Trinajstić information content (AvgIpc) is 3.27. The number of amides is 1. The van der Waals surface area contributed by atoms with Gasteiger partial charge in [0, 0.05) is 28.6 Å². The van der Waals surface area contributed by atoms with E-state index >= 15 is 0 Å². The minimum Gasteiger partial charge on any atom is -0.313 e. The zero-order valence-corrected chi connectivity index (χ0v) is 17.8. The van der Waals surface area contributed by atoms with Gasteiger partial charge in [0.2, 0.25) is 5.91 Å². The third-order valence-electron chi connectivity index (χ3n) is 4.64. The lowest BCUT2D eigenvalue weighted by Gasteiger charge is -2.03. The number of hydrogen-bond donors (Lipinski definition) is 1. The fourth-order valence-corrected chi connectivity index (χ4v) is 5.22. The van der Waals surface area contributed by atoms with Crippen molar-refractivity contribution in [1.29, 1.82) is 0 Å². The molecule has 0 spiro atoms. The van der Waals surface area contributed by atoms with Crippen LogP contribution in [0.3, 0.4) is 0 Å². The lowest BCUT2D eigenvalue weighted by atomic mass is 10.1. The van der Waals surface area contributed by atoms with Gasteiger partial charge in [-0.05, 0) is 43.2 Å². The van der Waals surface area contributed by atoms with Crippen LogP contribution in [0.5, 0.6) is 0 Å². The number of thiophene rings is 1. The number of nitro benzene ring substituents is 1. The monoisotopic (exact) mass is 435 g/mol. The molecule has 0 bridgehead atoms. The summed E-state index contributed by atoms with van der Waals surface area (Å²) in [7, 11) is 0. The van der Waals surface area contributed by atoms with Crippen molar-refractivity contribution >= 4 is 55.6 Å². The summed E-state index contributed by atoms with van der Waals surface area (Å²) in [4.78, 5) is 28.8. The van der Waals surface area contributed by atoms with Gasteiger partial charge >= 0.3 is 0 Å². The van der Waals surface area contributed by atoms with Crippen LogP contribution < -0.4 is 5.32 Å². The first-order valence-corrected chi connectivity index (χ1v) is 10.7. The van der Waals surface area contributed by atoms with Crippen LogP contribution in [0.4, 0.5) is 10.7 Å². The van der Waals surface area contributed by atoms with Gasteiger partial charge in [-0.15, -0.1) is 22.7 Å². The Balaban J connectivity index is 1.60. The number of non-ortho nitro benzene ring substituents is 1. The van der Waals surface area contributed by atoms with E-state index in [-0.39, 0.29) is 11.6 Å². The molecule has 0 atom stereocenters. The van der Waals surface area contributed by atoms with Crippen LogP contribution in [0.2, 0.25) is 0 Å². The topological polar surface area (TPSA) is 85.1 Å². The second kappa shape index (κ2) is 8.17. The van der Waals surface area contributed by atoms with Crippen molar-refractivity contribution in [2.24, 2.45) is 0 Å². The van der Waals surface area contributed by atoms with Crippen LogP contribution in [0.25, 0.3) is 26.9 Å². The molecule has 1 N–H and O–H groups in total. The Labute approximate surface area is 180 Å². The van der Waals surface area contributed by atoms with Crippen molar-refractivity contribution in [2.45, 2.75) is 13.8 Å². The molecule has 0 fully saturated rings. The lowest BCUT2D eigenvalue weighted by Crippen LogP contribution is -2.07. The average molecular weight is 436 g/mol. The van der Waals surface area contributed by atoms with Crippen molar-refractivity contribution < 1.29 is 9.72 Å². The minimum absolute atomic E-state index is 0.0137. The Hall–Kier alpha value is -3.36. The van der Waals surface area contributed by atoms with Crippen LogP contribution >= 0.6 is 22.7 Å². The molecule has 4 rings (SSSR count). The van der Waals surface area contributed by atoms with Crippen LogP contribution in [-0.4, -0.2) is 15.8 Å². The normalized spacial score (nSPS) is 11.3. The van der Waals surface area contributed by atoms with Crippen molar-refractivity contribution in [1.82, 2.24) is 4.98 Å². The maximum atomic E-state index is 12.5. The van der Waals surface area contributed by atoms with Gasteiger partial charge in [-0.2, -0.15) is 0 Å². The summed E-state index contributed by atoms with van der Waals surface area (Å²) in [5, 5.41) is 15.5. The summed E-state index contributed by atoms with van der Waals surface area (Å²) >= 11 is 3.11. The van der Waals surface area contributed by atoms with Gasteiger partial charge in [-0.3, -0.25) is 14.9 Å². The number of thiazole rings is 1. The van der Waals surface area contributed by atoms with E-state index < -0.39 is 4.92 Å². The number of para-hydroxylation sites is 1. The van der Waals surface area contributed by atoms with E-state index in [4.69, 9.17) is 4.98 Å². The number of nitro groups is 1. The second-order valence-electron chi connectivity index (χ2n) is 6.65. The second-order valence-corrected chi connectivity index (χ2v) is 8.90. The number of aryl methyl sites for hydroxylation is 1. The Kier molecular flexibility index (Phi) is 5.43. The summed E-state index contributed by atoms with van der Waals surface area (Å²) in [6.45, 7) is 4.05. The zero-order chi connectivity index (χ0) is 21.3. The van der Waals surface area contributed by atoms with Gasteiger partial charge in [-0.25, -0.2) is 4.98 Å². The number of nitrogens with zero attached hydrogens (tertiary/aromatic N) is 2. The molecule has 0 saturated carbocycles. The van der Waals surface area contributed by atoms with Gasteiger partial charge < -0.3 is 5.32 Å². The quantitative estimate of drug-likeness (QED) is 0.230. The molecular formula is C22H17N3O3S2. The largest absolute Gasteiger partial charge is 0.313 e. The number of carbonyl (C=O) groups is 1. The smallest absolute Gasteiger partial charge is 0.270 e. The summed E-state index contributed by atoms with van der Waals surface area (Å²) in [6, 6.07) is 14.1. The molecule has 4 aromatic rings. The van der Waals surface area contributed by atoms with E-state index in [0.717, 1.165) is 36.2 Å². The van der Waals surface area contributed by atoms with Crippen LogP contribution in [0, 0.1) is 24.0 Å². The van der Waals surface area contributed by atoms with E-state index in [0.29, 0.717) is 5.56 Å². The molecule has 2 heterocycles. The van der Waals surface area contributed by atoms with Gasteiger partial charge in [-0.1, -0.05) is 24.3 Å². The number of rotatable bonds is 5. The van der Waals surface area contributed by atoms with E-state index in [1.807, 2.05) is 38.1 Å². The highest BCUT2D eigenvalue weighted by Gasteiger charge is 2.19. The van der Waals surface area contributed by atoms with Gasteiger partial charge in [0.1, 0.15) is 10.0 Å². The zero-order valence-electron chi connectivity index (χ0n) is 16.2. The number of carbonyl (C=O) groups excluding carboxylic acids is 1. The molecular weight excluding hydrogens is 418 g/mol. The fraction of sp³-hybridized carbons (Fsp3) is 0.0909.